The maximum atomic E-state index is 13.0. The minimum Gasteiger partial charge on any atom is -0.457 e. The summed E-state index contributed by atoms with van der Waals surface area (Å²) in [6.07, 6.45) is 1.92. The molecule has 2 heterocycles. The van der Waals surface area contributed by atoms with Crippen LogP contribution in [0.4, 0.5) is 0 Å². The molecule has 0 bridgehead atoms. The van der Waals surface area contributed by atoms with E-state index in [0.717, 1.165) is 39.1 Å². The first-order chi connectivity index (χ1) is 15.7. The highest BCUT2D eigenvalue weighted by atomic mass is 16.5. The third-order valence-electron chi connectivity index (χ3n) is 5.28. The molecule has 0 aliphatic carbocycles. The van der Waals surface area contributed by atoms with E-state index in [1.807, 2.05) is 103 Å². The second kappa shape index (κ2) is 8.47. The van der Waals surface area contributed by atoms with E-state index in [1.165, 1.54) is 0 Å². The van der Waals surface area contributed by atoms with Crippen LogP contribution < -0.4 is 0 Å². The average molecular weight is 419 g/mol. The van der Waals surface area contributed by atoms with E-state index in [2.05, 4.69) is 4.98 Å². The largest absolute Gasteiger partial charge is 0.457 e. The van der Waals surface area contributed by atoms with Gasteiger partial charge in [0, 0.05) is 28.4 Å². The zero-order valence-corrected chi connectivity index (χ0v) is 17.6. The number of para-hydroxylation sites is 2. The summed E-state index contributed by atoms with van der Waals surface area (Å²) in [5, 5.41) is 5.56. The molecule has 5 heteroatoms. The van der Waals surface area contributed by atoms with E-state index in [9.17, 15) is 4.79 Å². The Bertz CT molecular complexity index is 1390. The van der Waals surface area contributed by atoms with Crippen molar-refractivity contribution >= 4 is 16.9 Å². The highest BCUT2D eigenvalue weighted by molar-refractivity contribution is 6.03. The molecule has 0 fully saturated rings. The lowest BCUT2D eigenvalue weighted by atomic mass is 10.1. The first-order valence-electron chi connectivity index (χ1n) is 10.4. The molecular formula is C27H21N3O2. The van der Waals surface area contributed by atoms with Gasteiger partial charge in [-0.2, -0.15) is 5.10 Å². The number of nitrogens with zero attached hydrogens (tertiary/aromatic N) is 3. The fourth-order valence-electron chi connectivity index (χ4n) is 3.77. The molecule has 5 rings (SSSR count). The third kappa shape index (κ3) is 3.88. The van der Waals surface area contributed by atoms with E-state index in [0.29, 0.717) is 5.56 Å². The van der Waals surface area contributed by atoms with Gasteiger partial charge in [-0.15, -0.1) is 0 Å². The SMILES string of the molecule is Cc1cc(C(=O)OCc2cn(-c3ccccc3)nc2-c2ccccc2)c2ccccc2n1. The van der Waals surface area contributed by atoms with Crippen molar-refractivity contribution in [2.75, 3.05) is 0 Å². The van der Waals surface area contributed by atoms with Crippen LogP contribution >= 0.6 is 0 Å². The number of benzene rings is 3. The fraction of sp³-hybridized carbons (Fsp3) is 0.0741. The molecule has 32 heavy (non-hydrogen) atoms. The van der Waals surface area contributed by atoms with Crippen molar-refractivity contribution in [2.24, 2.45) is 0 Å². The summed E-state index contributed by atoms with van der Waals surface area (Å²) in [7, 11) is 0. The van der Waals surface area contributed by atoms with Crippen LogP contribution in [0.1, 0.15) is 21.6 Å². The van der Waals surface area contributed by atoms with Gasteiger partial charge in [-0.05, 0) is 31.2 Å². The van der Waals surface area contributed by atoms with Crippen LogP contribution in [0.3, 0.4) is 0 Å². The van der Waals surface area contributed by atoms with Crippen molar-refractivity contribution in [1.29, 1.82) is 0 Å². The number of esters is 1. The van der Waals surface area contributed by atoms with E-state index in [1.54, 1.807) is 6.07 Å². The van der Waals surface area contributed by atoms with Gasteiger partial charge in [0.1, 0.15) is 6.61 Å². The van der Waals surface area contributed by atoms with Crippen molar-refractivity contribution < 1.29 is 9.53 Å². The number of pyridine rings is 1. The van der Waals surface area contributed by atoms with Crippen molar-refractivity contribution in [1.82, 2.24) is 14.8 Å². The quantitative estimate of drug-likeness (QED) is 0.340. The van der Waals surface area contributed by atoms with Crippen LogP contribution in [0, 0.1) is 6.92 Å². The van der Waals surface area contributed by atoms with Crippen LogP contribution in [0.25, 0.3) is 27.8 Å². The molecule has 0 atom stereocenters. The molecular weight excluding hydrogens is 398 g/mol. The normalized spacial score (nSPS) is 10.9. The standard InChI is InChI=1S/C27H21N3O2/c1-19-16-24(23-14-8-9-15-25(23)28-19)27(31)32-18-21-17-30(22-12-6-3-7-13-22)29-26(21)20-10-4-2-5-11-20/h2-17H,18H2,1H3. The van der Waals surface area contributed by atoms with E-state index in [-0.39, 0.29) is 12.6 Å². The minimum atomic E-state index is -0.377. The van der Waals surface area contributed by atoms with E-state index >= 15 is 0 Å². The van der Waals surface area contributed by atoms with E-state index in [4.69, 9.17) is 9.84 Å². The summed E-state index contributed by atoms with van der Waals surface area (Å²) in [6, 6.07) is 29.2. The Morgan fingerprint density at radius 2 is 1.59 bits per heavy atom. The van der Waals surface area contributed by atoms with Crippen molar-refractivity contribution in [2.45, 2.75) is 13.5 Å². The van der Waals surface area contributed by atoms with Gasteiger partial charge in [-0.1, -0.05) is 66.7 Å². The van der Waals surface area contributed by atoms with Gasteiger partial charge < -0.3 is 4.74 Å². The molecule has 3 aromatic carbocycles. The number of hydrogen-bond acceptors (Lipinski definition) is 4. The van der Waals surface area contributed by atoms with Crippen LogP contribution in [0.5, 0.6) is 0 Å². The van der Waals surface area contributed by atoms with Gasteiger partial charge in [0.15, 0.2) is 0 Å². The Morgan fingerprint density at radius 1 is 0.906 bits per heavy atom. The number of rotatable bonds is 5. The predicted octanol–water partition coefficient (Wildman–Crippen LogP) is 5.75. The molecule has 0 amide bonds. The topological polar surface area (TPSA) is 57.0 Å². The van der Waals surface area contributed by atoms with Crippen LogP contribution in [0.2, 0.25) is 0 Å². The highest BCUT2D eigenvalue weighted by Gasteiger charge is 2.17. The maximum absolute atomic E-state index is 13.0. The lowest BCUT2D eigenvalue weighted by Gasteiger charge is -2.09. The maximum Gasteiger partial charge on any atom is 0.339 e. The molecule has 2 aromatic heterocycles. The summed E-state index contributed by atoms with van der Waals surface area (Å²) >= 11 is 0. The lowest BCUT2D eigenvalue weighted by molar-refractivity contribution is 0.0475. The molecule has 0 radical (unpaired) electrons. The van der Waals surface area contributed by atoms with Crippen molar-refractivity contribution in [3.05, 3.63) is 114 Å². The van der Waals surface area contributed by atoms with Crippen LogP contribution in [-0.4, -0.2) is 20.7 Å². The van der Waals surface area contributed by atoms with Gasteiger partial charge in [-0.3, -0.25) is 4.98 Å². The summed E-state index contributed by atoms with van der Waals surface area (Å²) in [5.41, 5.74) is 5.61. The number of aromatic nitrogens is 3. The van der Waals surface area contributed by atoms with Gasteiger partial charge in [0.05, 0.1) is 22.5 Å². The van der Waals surface area contributed by atoms with Gasteiger partial charge in [0.2, 0.25) is 0 Å². The number of carbonyl (C=O) groups is 1. The Hall–Kier alpha value is -4.25. The monoisotopic (exact) mass is 419 g/mol. The van der Waals surface area contributed by atoms with Crippen molar-refractivity contribution in [3.8, 4) is 16.9 Å². The fourth-order valence-corrected chi connectivity index (χ4v) is 3.77. The van der Waals surface area contributed by atoms with Crippen LogP contribution in [0.15, 0.2) is 97.2 Å². The summed E-state index contributed by atoms with van der Waals surface area (Å²) in [6.45, 7) is 1.99. The van der Waals surface area contributed by atoms with Gasteiger partial charge in [-0.25, -0.2) is 9.48 Å². The molecule has 5 nitrogen and oxygen atoms in total. The third-order valence-corrected chi connectivity index (χ3v) is 5.28. The zero-order chi connectivity index (χ0) is 21.9. The molecule has 0 spiro atoms. The molecule has 0 N–H and O–H groups in total. The molecule has 0 saturated carbocycles. The lowest BCUT2D eigenvalue weighted by Crippen LogP contribution is -2.07. The van der Waals surface area contributed by atoms with Crippen molar-refractivity contribution in [3.63, 3.8) is 0 Å². The molecule has 0 aliphatic rings. The van der Waals surface area contributed by atoms with Gasteiger partial charge >= 0.3 is 5.97 Å². The number of fused-ring (bicyclic) bond motifs is 1. The average Bonchev–Trinajstić information content (AvgIpc) is 3.27. The molecule has 156 valence electrons. The Labute approximate surface area is 185 Å². The highest BCUT2D eigenvalue weighted by Crippen LogP contribution is 2.25. The number of aryl methyl sites for hydroxylation is 1. The Kier molecular flexibility index (Phi) is 5.22. The summed E-state index contributed by atoms with van der Waals surface area (Å²) in [5.74, 6) is -0.377. The Balaban J connectivity index is 1.48. The second-order valence-electron chi connectivity index (χ2n) is 7.55. The van der Waals surface area contributed by atoms with E-state index < -0.39 is 0 Å². The van der Waals surface area contributed by atoms with Crippen LogP contribution in [-0.2, 0) is 11.3 Å². The van der Waals surface area contributed by atoms with Gasteiger partial charge in [0.25, 0.3) is 0 Å². The predicted molar refractivity (Wildman–Crippen MR) is 125 cm³/mol. The number of carbonyl (C=O) groups excluding carboxylic acids is 1. The smallest absolute Gasteiger partial charge is 0.339 e. The number of hydrogen-bond donors (Lipinski definition) is 0. The second-order valence-corrected chi connectivity index (χ2v) is 7.55. The molecule has 5 aromatic rings. The molecule has 0 aliphatic heterocycles. The minimum absolute atomic E-state index is 0.117. The summed E-state index contributed by atoms with van der Waals surface area (Å²) in [4.78, 5) is 17.5. The Morgan fingerprint density at radius 3 is 2.38 bits per heavy atom. The first kappa shape index (κ1) is 19.7. The molecule has 0 unspecified atom stereocenters. The zero-order valence-electron chi connectivity index (χ0n) is 17.6. The molecule has 0 saturated heterocycles. The first-order valence-corrected chi connectivity index (χ1v) is 10.4. The summed E-state index contributed by atoms with van der Waals surface area (Å²) < 4.78 is 7.59. The number of ether oxygens (including phenoxy) is 1.